The molecule has 0 bridgehead atoms. The lowest BCUT2D eigenvalue weighted by molar-refractivity contribution is -0.119. The summed E-state index contributed by atoms with van der Waals surface area (Å²) in [5.41, 5.74) is 4.13. The number of hydroxylamine groups is 1. The average Bonchev–Trinajstić information content (AvgIpc) is 3.74. The van der Waals surface area contributed by atoms with Gasteiger partial charge in [0.15, 0.2) is 0 Å². The van der Waals surface area contributed by atoms with Gasteiger partial charge in [0.05, 0.1) is 29.2 Å². The summed E-state index contributed by atoms with van der Waals surface area (Å²) in [6.45, 7) is 1.88. The summed E-state index contributed by atoms with van der Waals surface area (Å²) in [5, 5.41) is 5.37. The zero-order valence-electron chi connectivity index (χ0n) is 19.0. The van der Waals surface area contributed by atoms with E-state index in [0.29, 0.717) is 17.3 Å². The number of halogens is 2. The number of hydrogen-bond donors (Lipinski definition) is 3. The molecule has 2 unspecified atom stereocenters. The van der Waals surface area contributed by atoms with Crippen LogP contribution in [0.1, 0.15) is 48.0 Å². The molecule has 13 heteroatoms. The van der Waals surface area contributed by atoms with Gasteiger partial charge in [0.1, 0.15) is 11.7 Å². The van der Waals surface area contributed by atoms with E-state index < -0.39 is 41.3 Å². The van der Waals surface area contributed by atoms with Crippen molar-refractivity contribution >= 4 is 46.0 Å². The number of benzene rings is 1. The highest BCUT2D eigenvalue weighted by molar-refractivity contribution is 7.80. The fourth-order valence-corrected chi connectivity index (χ4v) is 3.83. The fourth-order valence-electron chi connectivity index (χ4n) is 3.52. The van der Waals surface area contributed by atoms with Crippen molar-refractivity contribution in [2.45, 2.75) is 38.0 Å². The van der Waals surface area contributed by atoms with Crippen molar-refractivity contribution in [2.24, 2.45) is 5.92 Å². The number of alkyl halides is 2. The van der Waals surface area contributed by atoms with Gasteiger partial charge < -0.3 is 19.5 Å². The second-order valence-electron chi connectivity index (χ2n) is 8.38. The molecule has 0 spiro atoms. The van der Waals surface area contributed by atoms with Gasteiger partial charge in [0.25, 0.3) is 11.8 Å². The third-order valence-electron chi connectivity index (χ3n) is 5.75. The third-order valence-corrected chi connectivity index (χ3v) is 6.40. The predicted molar refractivity (Wildman–Crippen MR) is 124 cm³/mol. The van der Waals surface area contributed by atoms with Gasteiger partial charge in [-0.05, 0) is 43.4 Å². The Balaban J connectivity index is 1.67. The molecule has 2 amide bonds. The molecule has 0 saturated heterocycles. The first-order chi connectivity index (χ1) is 16.6. The van der Waals surface area contributed by atoms with Crippen LogP contribution in [0, 0.1) is 5.92 Å². The molecule has 2 aromatic rings. The second kappa shape index (κ2) is 9.84. The molecule has 188 valence electrons. The van der Waals surface area contributed by atoms with E-state index >= 15 is 0 Å². The predicted octanol–water partition coefficient (Wildman–Crippen LogP) is 3.21. The van der Waals surface area contributed by atoms with Crippen molar-refractivity contribution in [1.82, 2.24) is 10.5 Å². The van der Waals surface area contributed by atoms with Crippen LogP contribution in [0.5, 0.6) is 0 Å². The average molecular weight is 509 g/mol. The first kappa shape index (κ1) is 24.9. The van der Waals surface area contributed by atoms with Crippen molar-refractivity contribution in [2.75, 3.05) is 28.6 Å². The molecule has 35 heavy (non-hydrogen) atoms. The van der Waals surface area contributed by atoms with E-state index in [1.165, 1.54) is 13.1 Å². The summed E-state index contributed by atoms with van der Waals surface area (Å²) in [7, 11) is 1.39. The first-order valence-electron chi connectivity index (χ1n) is 11.0. The van der Waals surface area contributed by atoms with Gasteiger partial charge in [0, 0.05) is 37.0 Å². The highest BCUT2D eigenvalue weighted by Crippen LogP contribution is 2.49. The molecule has 2 aliphatic carbocycles. The number of carbonyl (C=O) groups excluding carboxylic acids is 2. The topological polar surface area (TPSA) is 136 Å². The summed E-state index contributed by atoms with van der Waals surface area (Å²) in [4.78, 5) is 33.7. The molecule has 1 aromatic carbocycles. The van der Waals surface area contributed by atoms with Crippen LogP contribution in [-0.2, 0) is 20.9 Å². The molecule has 2 saturated carbocycles. The summed E-state index contributed by atoms with van der Waals surface area (Å²) in [6.07, 6.45) is 2.66. The number of anilines is 4. The largest absolute Gasteiger partial charge is 0.755 e. The molecule has 2 fully saturated rings. The zero-order valence-corrected chi connectivity index (χ0v) is 19.8. The van der Waals surface area contributed by atoms with E-state index in [1.54, 1.807) is 19.1 Å². The Morgan fingerprint density at radius 1 is 1.29 bits per heavy atom. The van der Waals surface area contributed by atoms with Gasteiger partial charge in [-0.15, -0.1) is 0 Å². The minimum Gasteiger partial charge on any atom is -0.755 e. The molecule has 3 N–H and O–H groups in total. The van der Waals surface area contributed by atoms with Gasteiger partial charge in [0.2, 0.25) is 5.91 Å². The molecule has 0 aliphatic heterocycles. The standard InChI is InChI=1S/C22H25F2N5O5S/c1-3-34-28-20(30)14-11-25-19(27-21(31)15-10-22(15,23)24)9-17(14)26-16-7-6-13(12-4-5-12)8-18(16)29(2)35(32)33/h6-9,11-12,15H,3-5,10H2,1-2H3,(H,28,30)(H,32,33)(H2,25,26,27,31)/p-1. The molecule has 10 nitrogen and oxygen atoms in total. The number of carbonyl (C=O) groups is 2. The lowest BCUT2D eigenvalue weighted by Crippen LogP contribution is -2.25. The van der Waals surface area contributed by atoms with Crippen LogP contribution in [0.15, 0.2) is 30.5 Å². The van der Waals surface area contributed by atoms with Crippen molar-refractivity contribution in [3.8, 4) is 0 Å². The van der Waals surface area contributed by atoms with E-state index in [-0.39, 0.29) is 23.7 Å². The van der Waals surface area contributed by atoms with E-state index in [2.05, 4.69) is 21.1 Å². The Hall–Kier alpha value is -3.16. The summed E-state index contributed by atoms with van der Waals surface area (Å²) in [5.74, 6) is -5.68. The SMILES string of the molecule is CCONC(=O)c1cnc(NC(=O)C2CC2(F)F)cc1Nc1ccc(C2CC2)cc1N(C)S(=O)[O-]. The van der Waals surface area contributed by atoms with Gasteiger partial charge in [-0.1, -0.05) is 6.07 Å². The van der Waals surface area contributed by atoms with Gasteiger partial charge in [-0.3, -0.25) is 18.6 Å². The Morgan fingerprint density at radius 2 is 2.00 bits per heavy atom. The highest BCUT2D eigenvalue weighted by Gasteiger charge is 2.61. The molecule has 1 heterocycles. The van der Waals surface area contributed by atoms with Crippen molar-refractivity contribution in [3.63, 3.8) is 0 Å². The molecular weight excluding hydrogens is 484 g/mol. The van der Waals surface area contributed by atoms with E-state index in [1.807, 2.05) is 6.07 Å². The molecular formula is C22H24F2N5O5S-. The minimum atomic E-state index is -3.04. The maximum atomic E-state index is 13.3. The Morgan fingerprint density at radius 3 is 2.60 bits per heavy atom. The monoisotopic (exact) mass is 508 g/mol. The Labute approximate surface area is 202 Å². The number of nitrogens with zero attached hydrogens (tertiary/aromatic N) is 2. The number of rotatable bonds is 10. The third kappa shape index (κ3) is 5.74. The highest BCUT2D eigenvalue weighted by atomic mass is 32.2. The molecule has 1 aromatic heterocycles. The van der Waals surface area contributed by atoms with Crippen LogP contribution in [0.25, 0.3) is 0 Å². The molecule has 0 radical (unpaired) electrons. The number of amides is 2. The van der Waals surface area contributed by atoms with Crippen molar-refractivity contribution in [1.29, 1.82) is 0 Å². The lowest BCUT2D eigenvalue weighted by atomic mass is 10.1. The van der Waals surface area contributed by atoms with Crippen LogP contribution >= 0.6 is 0 Å². The molecule has 2 aliphatic rings. The van der Waals surface area contributed by atoms with E-state index in [4.69, 9.17) is 4.84 Å². The maximum absolute atomic E-state index is 13.3. The van der Waals surface area contributed by atoms with Crippen LogP contribution in [-0.4, -0.2) is 45.1 Å². The number of nitrogens with one attached hydrogen (secondary N) is 3. The maximum Gasteiger partial charge on any atom is 0.278 e. The van der Waals surface area contributed by atoms with Crippen LogP contribution < -0.4 is 20.4 Å². The first-order valence-corrected chi connectivity index (χ1v) is 12.0. The minimum absolute atomic E-state index is 0.0244. The molecule has 2 atom stereocenters. The van der Waals surface area contributed by atoms with Crippen LogP contribution in [0.2, 0.25) is 0 Å². The molecule has 4 rings (SSSR count). The quantitative estimate of drug-likeness (QED) is 0.331. The van der Waals surface area contributed by atoms with Gasteiger partial charge in [-0.25, -0.2) is 19.2 Å². The lowest BCUT2D eigenvalue weighted by Gasteiger charge is -2.25. The summed E-state index contributed by atoms with van der Waals surface area (Å²) >= 11 is -2.56. The number of hydrogen-bond acceptors (Lipinski definition) is 7. The second-order valence-corrected chi connectivity index (χ2v) is 9.36. The fraction of sp³-hybridized carbons (Fsp3) is 0.409. The summed E-state index contributed by atoms with van der Waals surface area (Å²) < 4.78 is 51.0. The van der Waals surface area contributed by atoms with Crippen LogP contribution in [0.4, 0.5) is 31.7 Å². The Bertz CT molecular complexity index is 1180. The zero-order chi connectivity index (χ0) is 25.3. The number of pyridine rings is 1. The number of aromatic nitrogens is 1. The van der Waals surface area contributed by atoms with E-state index in [9.17, 15) is 27.1 Å². The van der Waals surface area contributed by atoms with Crippen molar-refractivity contribution in [3.05, 3.63) is 41.6 Å². The van der Waals surface area contributed by atoms with E-state index in [0.717, 1.165) is 28.9 Å². The summed E-state index contributed by atoms with van der Waals surface area (Å²) in [6, 6.07) is 6.63. The van der Waals surface area contributed by atoms with Crippen LogP contribution in [0.3, 0.4) is 0 Å². The Kier molecular flexibility index (Phi) is 7.01. The smallest absolute Gasteiger partial charge is 0.278 e. The normalized spacial score (nSPS) is 18.9. The van der Waals surface area contributed by atoms with Gasteiger partial charge >= 0.3 is 0 Å². The van der Waals surface area contributed by atoms with Gasteiger partial charge in [-0.2, -0.15) is 0 Å². The van der Waals surface area contributed by atoms with Crippen molar-refractivity contribution < 1.29 is 32.0 Å².